The molecule has 2 aromatic rings. The summed E-state index contributed by atoms with van der Waals surface area (Å²) in [6.07, 6.45) is 4.06. The molecule has 0 bridgehead atoms. The zero-order valence-electron chi connectivity index (χ0n) is 13.9. The van der Waals surface area contributed by atoms with Gasteiger partial charge < -0.3 is 10.2 Å². The fourth-order valence-corrected chi connectivity index (χ4v) is 2.94. The molecule has 0 saturated heterocycles. The number of hydrogen-bond acceptors (Lipinski definition) is 5. The molecular formula is C17H21N5O. The molecule has 0 atom stereocenters. The van der Waals surface area contributed by atoms with Crippen molar-refractivity contribution in [2.24, 2.45) is 0 Å². The van der Waals surface area contributed by atoms with Gasteiger partial charge in [-0.2, -0.15) is 0 Å². The van der Waals surface area contributed by atoms with Crippen molar-refractivity contribution in [2.45, 2.75) is 46.2 Å². The van der Waals surface area contributed by atoms with Crippen LogP contribution in [0.4, 0.5) is 11.6 Å². The molecule has 1 aliphatic heterocycles. The first-order valence-electron chi connectivity index (χ1n) is 7.78. The van der Waals surface area contributed by atoms with Crippen LogP contribution in [0.5, 0.6) is 0 Å². The summed E-state index contributed by atoms with van der Waals surface area (Å²) < 4.78 is 0. The van der Waals surface area contributed by atoms with Gasteiger partial charge in [-0.1, -0.05) is 6.92 Å². The molecule has 6 nitrogen and oxygen atoms in total. The number of aryl methyl sites for hydroxylation is 1. The SMILES string of the molecule is CCC(=O)N1Cc2nc(Nc3ccnc(C)c3)ncc2C1(C)C. The molecule has 1 amide bonds. The molecule has 0 radical (unpaired) electrons. The fourth-order valence-electron chi connectivity index (χ4n) is 2.94. The summed E-state index contributed by atoms with van der Waals surface area (Å²) in [5, 5.41) is 3.19. The van der Waals surface area contributed by atoms with Crippen molar-refractivity contribution in [1.82, 2.24) is 19.9 Å². The van der Waals surface area contributed by atoms with Gasteiger partial charge in [0, 0.05) is 35.8 Å². The highest BCUT2D eigenvalue weighted by Crippen LogP contribution is 2.38. The molecule has 1 N–H and O–H groups in total. The maximum Gasteiger partial charge on any atom is 0.227 e. The van der Waals surface area contributed by atoms with E-state index in [0.717, 1.165) is 22.6 Å². The summed E-state index contributed by atoms with van der Waals surface area (Å²) in [5.74, 6) is 0.670. The predicted octanol–water partition coefficient (Wildman–Crippen LogP) is 2.91. The molecule has 3 rings (SSSR count). The van der Waals surface area contributed by atoms with E-state index in [1.165, 1.54) is 0 Å². The van der Waals surface area contributed by atoms with E-state index in [1.807, 2.05) is 50.9 Å². The van der Waals surface area contributed by atoms with Gasteiger partial charge in [-0.15, -0.1) is 0 Å². The van der Waals surface area contributed by atoms with Gasteiger partial charge in [-0.3, -0.25) is 9.78 Å². The lowest BCUT2D eigenvalue weighted by Gasteiger charge is -2.31. The van der Waals surface area contributed by atoms with Gasteiger partial charge in [0.25, 0.3) is 0 Å². The van der Waals surface area contributed by atoms with E-state index < -0.39 is 0 Å². The molecule has 0 spiro atoms. The summed E-state index contributed by atoms with van der Waals surface area (Å²) >= 11 is 0. The molecule has 1 aliphatic rings. The number of nitrogens with zero attached hydrogens (tertiary/aromatic N) is 4. The minimum absolute atomic E-state index is 0.132. The highest BCUT2D eigenvalue weighted by molar-refractivity contribution is 5.77. The molecule has 0 aliphatic carbocycles. The average molecular weight is 311 g/mol. The molecule has 0 unspecified atom stereocenters. The van der Waals surface area contributed by atoms with Gasteiger partial charge in [0.05, 0.1) is 17.8 Å². The van der Waals surface area contributed by atoms with E-state index in [1.54, 1.807) is 6.20 Å². The lowest BCUT2D eigenvalue weighted by molar-refractivity contribution is -0.136. The van der Waals surface area contributed by atoms with Crippen LogP contribution in [-0.2, 0) is 16.9 Å². The molecule has 0 saturated carbocycles. The Morgan fingerprint density at radius 2 is 2.17 bits per heavy atom. The summed E-state index contributed by atoms with van der Waals surface area (Å²) in [7, 11) is 0. The highest BCUT2D eigenvalue weighted by Gasteiger charge is 2.40. The quantitative estimate of drug-likeness (QED) is 0.943. The third kappa shape index (κ3) is 2.76. The standard InChI is InChI=1S/C17H21N5O/c1-5-15(23)22-10-14-13(17(22,3)4)9-19-16(21-14)20-12-6-7-18-11(2)8-12/h6-9H,5,10H2,1-4H3,(H,18,19,20,21). The normalized spacial score (nSPS) is 15.4. The maximum absolute atomic E-state index is 12.2. The molecule has 23 heavy (non-hydrogen) atoms. The molecule has 2 aromatic heterocycles. The maximum atomic E-state index is 12.2. The van der Waals surface area contributed by atoms with E-state index in [-0.39, 0.29) is 11.4 Å². The second-order valence-corrected chi connectivity index (χ2v) is 6.26. The van der Waals surface area contributed by atoms with Crippen molar-refractivity contribution in [2.75, 3.05) is 5.32 Å². The number of carbonyl (C=O) groups is 1. The molecule has 120 valence electrons. The zero-order chi connectivity index (χ0) is 16.6. The molecule has 0 fully saturated rings. The molecule has 6 heteroatoms. The first kappa shape index (κ1) is 15.4. The molecule has 0 aromatic carbocycles. The van der Waals surface area contributed by atoms with Gasteiger partial charge in [-0.25, -0.2) is 9.97 Å². The average Bonchev–Trinajstić information content (AvgIpc) is 2.77. The molecular weight excluding hydrogens is 290 g/mol. The van der Waals surface area contributed by atoms with E-state index in [4.69, 9.17) is 0 Å². The summed E-state index contributed by atoms with van der Waals surface area (Å²) in [6, 6.07) is 3.81. The minimum atomic E-state index is -0.367. The smallest absolute Gasteiger partial charge is 0.227 e. The first-order chi connectivity index (χ1) is 10.9. The second-order valence-electron chi connectivity index (χ2n) is 6.26. The number of anilines is 2. The number of aromatic nitrogens is 3. The number of hydrogen-bond donors (Lipinski definition) is 1. The van der Waals surface area contributed by atoms with Gasteiger partial charge in [0.1, 0.15) is 0 Å². The van der Waals surface area contributed by atoms with Crippen LogP contribution in [0, 0.1) is 6.92 Å². The minimum Gasteiger partial charge on any atom is -0.327 e. The van der Waals surface area contributed by atoms with Crippen LogP contribution in [0.15, 0.2) is 24.5 Å². The van der Waals surface area contributed by atoms with Crippen LogP contribution in [0.3, 0.4) is 0 Å². The van der Waals surface area contributed by atoms with Crippen LogP contribution >= 0.6 is 0 Å². The number of carbonyl (C=O) groups excluding carboxylic acids is 1. The van der Waals surface area contributed by atoms with Crippen molar-refractivity contribution in [3.05, 3.63) is 41.5 Å². The first-order valence-corrected chi connectivity index (χ1v) is 7.78. The lowest BCUT2D eigenvalue weighted by atomic mass is 9.97. The van der Waals surface area contributed by atoms with E-state index in [9.17, 15) is 4.79 Å². The predicted molar refractivity (Wildman–Crippen MR) is 88.2 cm³/mol. The van der Waals surface area contributed by atoms with Crippen molar-refractivity contribution >= 4 is 17.5 Å². The number of nitrogens with one attached hydrogen (secondary N) is 1. The Bertz CT molecular complexity index is 756. The monoisotopic (exact) mass is 311 g/mol. The van der Waals surface area contributed by atoms with E-state index >= 15 is 0 Å². The molecule has 3 heterocycles. The van der Waals surface area contributed by atoms with Crippen LogP contribution in [-0.4, -0.2) is 25.8 Å². The van der Waals surface area contributed by atoms with E-state index in [2.05, 4.69) is 20.3 Å². The summed E-state index contributed by atoms with van der Waals surface area (Å²) in [4.78, 5) is 27.2. The van der Waals surface area contributed by atoms with Crippen LogP contribution in [0.25, 0.3) is 0 Å². The third-order valence-corrected chi connectivity index (χ3v) is 4.27. The third-order valence-electron chi connectivity index (χ3n) is 4.27. The zero-order valence-corrected chi connectivity index (χ0v) is 13.9. The van der Waals surface area contributed by atoms with Crippen molar-refractivity contribution in [3.63, 3.8) is 0 Å². The van der Waals surface area contributed by atoms with Crippen LogP contribution < -0.4 is 5.32 Å². The van der Waals surface area contributed by atoms with Crippen molar-refractivity contribution in [3.8, 4) is 0 Å². The van der Waals surface area contributed by atoms with Crippen molar-refractivity contribution < 1.29 is 4.79 Å². The van der Waals surface area contributed by atoms with Gasteiger partial charge in [0.15, 0.2) is 0 Å². The summed E-state index contributed by atoms with van der Waals surface area (Å²) in [5.41, 5.74) is 3.37. The van der Waals surface area contributed by atoms with Gasteiger partial charge in [0.2, 0.25) is 11.9 Å². The lowest BCUT2D eigenvalue weighted by Crippen LogP contribution is -2.39. The fraction of sp³-hybridized carbons (Fsp3) is 0.412. The Morgan fingerprint density at radius 1 is 1.39 bits per heavy atom. The Morgan fingerprint density at radius 3 is 2.87 bits per heavy atom. The van der Waals surface area contributed by atoms with Crippen LogP contribution in [0.1, 0.15) is 44.1 Å². The number of pyridine rings is 1. The summed E-state index contributed by atoms with van der Waals surface area (Å²) in [6.45, 7) is 8.42. The Labute approximate surface area is 136 Å². The number of amides is 1. The second kappa shape index (κ2) is 5.61. The van der Waals surface area contributed by atoms with Gasteiger partial charge in [-0.05, 0) is 32.9 Å². The van der Waals surface area contributed by atoms with Crippen LogP contribution in [0.2, 0.25) is 0 Å². The number of rotatable bonds is 3. The highest BCUT2D eigenvalue weighted by atomic mass is 16.2. The Balaban J connectivity index is 1.89. The Kier molecular flexibility index (Phi) is 3.75. The van der Waals surface area contributed by atoms with E-state index in [0.29, 0.717) is 18.9 Å². The largest absolute Gasteiger partial charge is 0.327 e. The topological polar surface area (TPSA) is 71.0 Å². The van der Waals surface area contributed by atoms with Crippen molar-refractivity contribution in [1.29, 1.82) is 0 Å². The number of fused-ring (bicyclic) bond motifs is 1. The Hall–Kier alpha value is -2.50. The van der Waals surface area contributed by atoms with Gasteiger partial charge >= 0.3 is 0 Å².